The number of nitrogens with one attached hydrogen (secondary N) is 1. The van der Waals surface area contributed by atoms with E-state index in [2.05, 4.69) is 5.32 Å². The van der Waals surface area contributed by atoms with Gasteiger partial charge in [0.05, 0.1) is 0 Å². The number of amides is 2. The second-order valence-corrected chi connectivity index (χ2v) is 3.34. The van der Waals surface area contributed by atoms with E-state index in [0.717, 1.165) is 0 Å². The van der Waals surface area contributed by atoms with Gasteiger partial charge in [-0.1, -0.05) is 12.1 Å². The molecule has 0 unspecified atom stereocenters. The highest BCUT2D eigenvalue weighted by Crippen LogP contribution is 2.12. The molecular weight excluding hydrogens is 218 g/mol. The number of benzene rings is 1. The number of hydrogen-bond acceptors (Lipinski definition) is 3. The van der Waals surface area contributed by atoms with Crippen molar-refractivity contribution in [2.75, 3.05) is 5.32 Å². The first-order valence-corrected chi connectivity index (χ1v) is 4.82. The van der Waals surface area contributed by atoms with Crippen molar-refractivity contribution in [3.63, 3.8) is 0 Å². The molecule has 0 heterocycles. The lowest BCUT2D eigenvalue weighted by Gasteiger charge is -2.01. The summed E-state index contributed by atoms with van der Waals surface area (Å²) in [7, 11) is 0. The predicted octanol–water partition coefficient (Wildman–Crippen LogP) is 1.04. The van der Waals surface area contributed by atoms with Crippen molar-refractivity contribution in [1.82, 2.24) is 0 Å². The smallest absolute Gasteiger partial charge is 0.259 e. The highest BCUT2D eigenvalue weighted by atomic mass is 16.1. The second kappa shape index (κ2) is 5.47. The van der Waals surface area contributed by atoms with Crippen LogP contribution in [0.2, 0.25) is 0 Å². The minimum Gasteiger partial charge on any atom is -0.365 e. The first kappa shape index (κ1) is 12.5. The summed E-state index contributed by atoms with van der Waals surface area (Å²) in [5, 5.41) is 11.3. The molecule has 2 amide bonds. The Morgan fingerprint density at radius 3 is 2.35 bits per heavy atom. The van der Waals surface area contributed by atoms with Crippen LogP contribution in [-0.4, -0.2) is 11.8 Å². The van der Waals surface area contributed by atoms with Crippen molar-refractivity contribution in [2.24, 2.45) is 5.73 Å². The summed E-state index contributed by atoms with van der Waals surface area (Å²) < 4.78 is 0. The molecule has 0 fully saturated rings. The van der Waals surface area contributed by atoms with Gasteiger partial charge in [0.15, 0.2) is 0 Å². The molecule has 0 radical (unpaired) electrons. The van der Waals surface area contributed by atoms with Crippen LogP contribution in [0.15, 0.2) is 29.8 Å². The number of nitrogens with two attached hydrogens (primary N) is 1. The van der Waals surface area contributed by atoms with Gasteiger partial charge in [-0.15, -0.1) is 0 Å². The van der Waals surface area contributed by atoms with E-state index in [1.165, 1.54) is 13.0 Å². The van der Waals surface area contributed by atoms with Gasteiger partial charge >= 0.3 is 0 Å². The maximum absolute atomic E-state index is 10.8. The van der Waals surface area contributed by atoms with Crippen molar-refractivity contribution >= 4 is 23.6 Å². The number of carbonyl (C=O) groups is 2. The van der Waals surface area contributed by atoms with Gasteiger partial charge in [-0.2, -0.15) is 5.26 Å². The lowest BCUT2D eigenvalue weighted by molar-refractivity contribution is -0.115. The number of nitrogens with zero attached hydrogens (tertiary/aromatic N) is 1. The maximum Gasteiger partial charge on any atom is 0.259 e. The molecular formula is C12H11N3O2. The van der Waals surface area contributed by atoms with Crippen LogP contribution < -0.4 is 11.1 Å². The van der Waals surface area contributed by atoms with Crippen LogP contribution in [0.4, 0.5) is 5.69 Å². The lowest BCUT2D eigenvalue weighted by atomic mass is 10.1. The third-order valence-corrected chi connectivity index (χ3v) is 1.93. The fourth-order valence-corrected chi connectivity index (χ4v) is 1.19. The lowest BCUT2D eigenvalue weighted by Crippen LogP contribution is -2.12. The fraction of sp³-hybridized carbons (Fsp3) is 0.0833. The third kappa shape index (κ3) is 3.80. The normalized spacial score (nSPS) is 10.5. The Morgan fingerprint density at radius 2 is 1.94 bits per heavy atom. The first-order chi connectivity index (χ1) is 8.02. The number of nitriles is 1. The average Bonchev–Trinajstić information content (AvgIpc) is 2.26. The Bertz CT molecular complexity index is 510. The summed E-state index contributed by atoms with van der Waals surface area (Å²) in [6.45, 7) is 1.41. The number of carbonyl (C=O) groups excluding carboxylic acids is 2. The Labute approximate surface area is 98.5 Å². The van der Waals surface area contributed by atoms with Crippen molar-refractivity contribution < 1.29 is 9.59 Å². The zero-order valence-electron chi connectivity index (χ0n) is 9.23. The van der Waals surface area contributed by atoms with Crippen LogP contribution in [-0.2, 0) is 9.59 Å². The topological polar surface area (TPSA) is 96.0 Å². The van der Waals surface area contributed by atoms with Crippen LogP contribution in [0.3, 0.4) is 0 Å². The first-order valence-electron chi connectivity index (χ1n) is 4.82. The summed E-state index contributed by atoms with van der Waals surface area (Å²) in [4.78, 5) is 21.6. The SMILES string of the molecule is CC(=O)Nc1ccc(/C=C(\C#N)C(N)=O)cc1. The standard InChI is InChI=1S/C12H11N3O2/c1-8(16)15-11-4-2-9(3-5-11)6-10(7-13)12(14)17/h2-6H,1H3,(H2,14,17)(H,15,16)/b10-6+. The molecule has 0 aliphatic heterocycles. The van der Waals surface area contributed by atoms with E-state index < -0.39 is 5.91 Å². The Hall–Kier alpha value is -2.61. The van der Waals surface area contributed by atoms with Gasteiger partial charge in [0.1, 0.15) is 11.6 Å². The molecule has 0 aliphatic carbocycles. The molecule has 17 heavy (non-hydrogen) atoms. The van der Waals surface area contributed by atoms with E-state index in [-0.39, 0.29) is 11.5 Å². The highest BCUT2D eigenvalue weighted by Gasteiger charge is 2.03. The zero-order valence-corrected chi connectivity index (χ0v) is 9.23. The molecule has 0 spiro atoms. The van der Waals surface area contributed by atoms with Crippen LogP contribution in [0.5, 0.6) is 0 Å². The van der Waals surface area contributed by atoms with Gasteiger partial charge in [-0.05, 0) is 23.8 Å². The van der Waals surface area contributed by atoms with Crippen molar-refractivity contribution in [3.05, 3.63) is 35.4 Å². The van der Waals surface area contributed by atoms with Crippen molar-refractivity contribution in [3.8, 4) is 6.07 Å². The Kier molecular flexibility index (Phi) is 4.01. The minimum atomic E-state index is -0.765. The average molecular weight is 229 g/mol. The predicted molar refractivity (Wildman–Crippen MR) is 63.5 cm³/mol. The quantitative estimate of drug-likeness (QED) is 0.598. The van der Waals surface area contributed by atoms with Crippen LogP contribution in [0.25, 0.3) is 6.08 Å². The summed E-state index contributed by atoms with van der Waals surface area (Å²) in [5.74, 6) is -0.929. The highest BCUT2D eigenvalue weighted by molar-refractivity contribution is 6.00. The summed E-state index contributed by atoms with van der Waals surface area (Å²) >= 11 is 0. The summed E-state index contributed by atoms with van der Waals surface area (Å²) in [5.41, 5.74) is 6.20. The van der Waals surface area contributed by atoms with E-state index in [0.29, 0.717) is 11.3 Å². The van der Waals surface area contributed by atoms with E-state index in [9.17, 15) is 9.59 Å². The molecule has 0 bridgehead atoms. The molecule has 1 aromatic rings. The van der Waals surface area contributed by atoms with Gasteiger partial charge in [0.25, 0.3) is 5.91 Å². The molecule has 0 aromatic heterocycles. The van der Waals surface area contributed by atoms with E-state index >= 15 is 0 Å². The molecule has 1 aromatic carbocycles. The van der Waals surface area contributed by atoms with Crippen molar-refractivity contribution in [1.29, 1.82) is 5.26 Å². The van der Waals surface area contributed by atoms with Gasteiger partial charge in [0.2, 0.25) is 5.91 Å². The number of hydrogen-bond donors (Lipinski definition) is 2. The number of rotatable bonds is 3. The van der Waals surface area contributed by atoms with Crippen molar-refractivity contribution in [2.45, 2.75) is 6.92 Å². The van der Waals surface area contributed by atoms with Gasteiger partial charge < -0.3 is 11.1 Å². The number of anilines is 1. The van der Waals surface area contributed by atoms with E-state index in [1.807, 2.05) is 0 Å². The maximum atomic E-state index is 10.8. The molecule has 0 saturated carbocycles. The minimum absolute atomic E-state index is 0.114. The van der Waals surface area contributed by atoms with Crippen LogP contribution in [0, 0.1) is 11.3 Å². The second-order valence-electron chi connectivity index (χ2n) is 3.34. The molecule has 3 N–H and O–H groups in total. The van der Waals surface area contributed by atoms with Gasteiger partial charge in [0, 0.05) is 12.6 Å². The Morgan fingerprint density at radius 1 is 1.35 bits per heavy atom. The van der Waals surface area contributed by atoms with E-state index in [4.69, 9.17) is 11.0 Å². The molecule has 86 valence electrons. The van der Waals surface area contributed by atoms with Crippen LogP contribution >= 0.6 is 0 Å². The van der Waals surface area contributed by atoms with Crippen LogP contribution in [0.1, 0.15) is 12.5 Å². The summed E-state index contributed by atoms with van der Waals surface area (Å²) in [6, 6.07) is 8.40. The Balaban J connectivity index is 2.92. The molecule has 0 atom stereocenters. The van der Waals surface area contributed by atoms with E-state index in [1.54, 1.807) is 30.3 Å². The molecule has 5 heteroatoms. The monoisotopic (exact) mass is 229 g/mol. The number of primary amides is 1. The molecule has 5 nitrogen and oxygen atoms in total. The van der Waals surface area contributed by atoms with Gasteiger partial charge in [-0.3, -0.25) is 9.59 Å². The fourth-order valence-electron chi connectivity index (χ4n) is 1.19. The molecule has 0 saturated heterocycles. The van der Waals surface area contributed by atoms with Gasteiger partial charge in [-0.25, -0.2) is 0 Å². The molecule has 0 aliphatic rings. The molecule has 1 rings (SSSR count). The summed E-state index contributed by atoms with van der Waals surface area (Å²) in [6.07, 6.45) is 1.39. The third-order valence-electron chi connectivity index (χ3n) is 1.93. The zero-order chi connectivity index (χ0) is 12.8. The largest absolute Gasteiger partial charge is 0.365 e.